The Morgan fingerprint density at radius 1 is 1.00 bits per heavy atom. The molecule has 21 heavy (non-hydrogen) atoms. The normalized spacial score (nSPS) is 10.4. The quantitative estimate of drug-likeness (QED) is 0.527. The van der Waals surface area contributed by atoms with E-state index in [0.29, 0.717) is 0 Å². The maximum Gasteiger partial charge on any atom is 0.253 e. The summed E-state index contributed by atoms with van der Waals surface area (Å²) >= 11 is 2.25. The van der Waals surface area contributed by atoms with E-state index in [4.69, 9.17) is 0 Å². The third kappa shape index (κ3) is 5.16. The summed E-state index contributed by atoms with van der Waals surface area (Å²) in [7, 11) is 1.88. The number of benzene rings is 2. The molecule has 2 nitrogen and oxygen atoms in total. The van der Waals surface area contributed by atoms with Gasteiger partial charge < -0.3 is 4.90 Å². The molecule has 0 aromatic heterocycles. The van der Waals surface area contributed by atoms with Crippen molar-refractivity contribution in [2.24, 2.45) is 0 Å². The van der Waals surface area contributed by atoms with E-state index >= 15 is 0 Å². The van der Waals surface area contributed by atoms with Crippen molar-refractivity contribution < 1.29 is 4.79 Å². The summed E-state index contributed by atoms with van der Waals surface area (Å²) in [4.78, 5) is 14.1. The molecule has 0 radical (unpaired) electrons. The van der Waals surface area contributed by atoms with Crippen molar-refractivity contribution in [3.05, 3.63) is 69.3 Å². The van der Waals surface area contributed by atoms with Gasteiger partial charge in [-0.2, -0.15) is 0 Å². The van der Waals surface area contributed by atoms with Crippen LogP contribution in [0, 0.1) is 3.57 Å². The summed E-state index contributed by atoms with van der Waals surface area (Å²) in [6.07, 6.45) is 3.21. The smallest absolute Gasteiger partial charge is 0.253 e. The lowest BCUT2D eigenvalue weighted by Crippen LogP contribution is -2.27. The molecule has 0 aliphatic heterocycles. The van der Waals surface area contributed by atoms with Crippen molar-refractivity contribution in [1.29, 1.82) is 0 Å². The Morgan fingerprint density at radius 3 is 2.33 bits per heavy atom. The van der Waals surface area contributed by atoms with Gasteiger partial charge in [0, 0.05) is 22.7 Å². The Labute approximate surface area is 140 Å². The van der Waals surface area contributed by atoms with Gasteiger partial charge in [-0.25, -0.2) is 0 Å². The van der Waals surface area contributed by atoms with Crippen LogP contribution in [0.25, 0.3) is 0 Å². The van der Waals surface area contributed by atoms with Crippen molar-refractivity contribution in [2.75, 3.05) is 13.6 Å². The number of amides is 1. The second kappa shape index (κ2) is 8.17. The average Bonchev–Trinajstić information content (AvgIpc) is 2.52. The monoisotopic (exact) mass is 393 g/mol. The van der Waals surface area contributed by atoms with E-state index in [9.17, 15) is 4.79 Å². The molecule has 0 bridgehead atoms. The lowest BCUT2D eigenvalue weighted by atomic mass is 10.1. The van der Waals surface area contributed by atoms with Crippen LogP contribution in [0.5, 0.6) is 0 Å². The van der Waals surface area contributed by atoms with Gasteiger partial charge in [0.2, 0.25) is 0 Å². The summed E-state index contributed by atoms with van der Waals surface area (Å²) in [5.74, 6) is 0.103. The molecule has 110 valence electrons. The zero-order valence-electron chi connectivity index (χ0n) is 12.3. The Hall–Kier alpha value is -1.36. The molecule has 3 heteroatoms. The van der Waals surface area contributed by atoms with E-state index in [1.165, 1.54) is 5.56 Å². The molecule has 2 aromatic carbocycles. The molecule has 2 rings (SSSR count). The van der Waals surface area contributed by atoms with Crippen LogP contribution in [0.2, 0.25) is 0 Å². The van der Waals surface area contributed by atoms with Gasteiger partial charge in [-0.1, -0.05) is 30.3 Å². The summed E-state index contributed by atoms with van der Waals surface area (Å²) in [6.45, 7) is 0.803. The number of hydrogen-bond acceptors (Lipinski definition) is 1. The zero-order chi connectivity index (χ0) is 15.1. The molecule has 0 aliphatic rings. The second-order valence-corrected chi connectivity index (χ2v) is 6.42. The Balaban J connectivity index is 1.75. The van der Waals surface area contributed by atoms with Gasteiger partial charge in [0.15, 0.2) is 0 Å². The molecule has 0 saturated carbocycles. The molecule has 0 unspecified atom stereocenters. The first kappa shape index (κ1) is 16.0. The minimum absolute atomic E-state index is 0.103. The highest BCUT2D eigenvalue weighted by Crippen LogP contribution is 2.10. The van der Waals surface area contributed by atoms with Gasteiger partial charge in [0.25, 0.3) is 5.91 Å². The number of rotatable bonds is 6. The molecule has 0 saturated heterocycles. The number of unbranched alkanes of at least 4 members (excludes halogenated alkanes) is 1. The topological polar surface area (TPSA) is 20.3 Å². The van der Waals surface area contributed by atoms with Gasteiger partial charge in [-0.15, -0.1) is 0 Å². The van der Waals surface area contributed by atoms with Crippen LogP contribution in [-0.2, 0) is 6.42 Å². The summed E-state index contributed by atoms with van der Waals surface area (Å²) in [5, 5.41) is 0. The number of nitrogens with zero attached hydrogens (tertiary/aromatic N) is 1. The highest BCUT2D eigenvalue weighted by Gasteiger charge is 2.10. The highest BCUT2D eigenvalue weighted by molar-refractivity contribution is 14.1. The van der Waals surface area contributed by atoms with Crippen molar-refractivity contribution in [3.8, 4) is 0 Å². The van der Waals surface area contributed by atoms with E-state index in [0.717, 1.165) is 34.9 Å². The molecule has 0 atom stereocenters. The maximum atomic E-state index is 12.2. The summed E-state index contributed by atoms with van der Waals surface area (Å²) in [5.41, 5.74) is 2.13. The van der Waals surface area contributed by atoms with Crippen LogP contribution >= 0.6 is 22.6 Å². The third-order valence-corrected chi connectivity index (χ3v) is 4.21. The van der Waals surface area contributed by atoms with Gasteiger partial charge >= 0.3 is 0 Å². The van der Waals surface area contributed by atoms with Gasteiger partial charge in [-0.3, -0.25) is 4.79 Å². The lowest BCUT2D eigenvalue weighted by Gasteiger charge is -2.17. The fraction of sp³-hybridized carbons (Fsp3) is 0.278. The van der Waals surface area contributed by atoms with E-state index in [1.807, 2.05) is 42.3 Å². The second-order valence-electron chi connectivity index (χ2n) is 5.18. The summed E-state index contributed by atoms with van der Waals surface area (Å²) in [6, 6.07) is 18.2. The highest BCUT2D eigenvalue weighted by atomic mass is 127. The number of aryl methyl sites for hydroxylation is 1. The first-order chi connectivity index (χ1) is 10.2. The fourth-order valence-electron chi connectivity index (χ4n) is 2.24. The molecule has 2 aromatic rings. The van der Waals surface area contributed by atoms with E-state index in [2.05, 4.69) is 46.9 Å². The van der Waals surface area contributed by atoms with Crippen LogP contribution in [0.15, 0.2) is 54.6 Å². The first-order valence-corrected chi connectivity index (χ1v) is 8.29. The Bertz CT molecular complexity index is 566. The molecule has 0 N–H and O–H groups in total. The van der Waals surface area contributed by atoms with Crippen LogP contribution in [-0.4, -0.2) is 24.4 Å². The molecular formula is C18H20INO. The average molecular weight is 393 g/mol. The van der Waals surface area contributed by atoms with Crippen LogP contribution in [0.4, 0.5) is 0 Å². The van der Waals surface area contributed by atoms with E-state index < -0.39 is 0 Å². The maximum absolute atomic E-state index is 12.2. The standard InChI is InChI=1S/C18H20INO/c1-20(18(21)16-10-12-17(19)13-11-16)14-6-5-9-15-7-3-2-4-8-15/h2-4,7-8,10-13H,5-6,9,14H2,1H3. The largest absolute Gasteiger partial charge is 0.342 e. The van der Waals surface area contributed by atoms with Crippen molar-refractivity contribution in [1.82, 2.24) is 4.90 Å². The van der Waals surface area contributed by atoms with Crippen molar-refractivity contribution in [3.63, 3.8) is 0 Å². The van der Waals surface area contributed by atoms with Crippen LogP contribution < -0.4 is 0 Å². The minimum Gasteiger partial charge on any atom is -0.342 e. The fourth-order valence-corrected chi connectivity index (χ4v) is 2.60. The van der Waals surface area contributed by atoms with Crippen LogP contribution in [0.3, 0.4) is 0 Å². The summed E-state index contributed by atoms with van der Waals surface area (Å²) < 4.78 is 1.15. The predicted octanol–water partition coefficient (Wildman–Crippen LogP) is 4.39. The Kier molecular flexibility index (Phi) is 6.23. The third-order valence-electron chi connectivity index (χ3n) is 3.49. The number of carbonyl (C=O) groups is 1. The zero-order valence-corrected chi connectivity index (χ0v) is 14.4. The molecule has 0 spiro atoms. The first-order valence-electron chi connectivity index (χ1n) is 7.22. The van der Waals surface area contributed by atoms with Gasteiger partial charge in [0.1, 0.15) is 0 Å². The molecule has 1 amide bonds. The lowest BCUT2D eigenvalue weighted by molar-refractivity contribution is 0.0793. The van der Waals surface area contributed by atoms with Gasteiger partial charge in [-0.05, 0) is 71.7 Å². The minimum atomic E-state index is 0.103. The number of carbonyl (C=O) groups excluding carboxylic acids is 1. The van der Waals surface area contributed by atoms with E-state index in [-0.39, 0.29) is 5.91 Å². The van der Waals surface area contributed by atoms with Gasteiger partial charge in [0.05, 0.1) is 0 Å². The van der Waals surface area contributed by atoms with E-state index in [1.54, 1.807) is 0 Å². The number of hydrogen-bond donors (Lipinski definition) is 0. The predicted molar refractivity (Wildman–Crippen MR) is 95.5 cm³/mol. The van der Waals surface area contributed by atoms with Crippen LogP contribution in [0.1, 0.15) is 28.8 Å². The van der Waals surface area contributed by atoms with Crippen molar-refractivity contribution >= 4 is 28.5 Å². The molecular weight excluding hydrogens is 373 g/mol. The SMILES string of the molecule is CN(CCCCc1ccccc1)C(=O)c1ccc(I)cc1. The van der Waals surface area contributed by atoms with Crippen molar-refractivity contribution in [2.45, 2.75) is 19.3 Å². The Morgan fingerprint density at radius 2 is 1.67 bits per heavy atom. The number of halogens is 1. The molecule has 0 aliphatic carbocycles. The molecule has 0 fully saturated rings. The molecule has 0 heterocycles.